The summed E-state index contributed by atoms with van der Waals surface area (Å²) in [5, 5.41) is 2.78. The smallest absolute Gasteiger partial charge is 0.221 e. The Labute approximate surface area is 167 Å². The molecule has 0 saturated heterocycles. The third-order valence-electron chi connectivity index (χ3n) is 3.52. The normalized spacial score (nSPS) is 9.84. The van der Waals surface area contributed by atoms with Gasteiger partial charge in [0.1, 0.15) is 0 Å². The molecule has 2 rings (SSSR count). The second-order valence-corrected chi connectivity index (χ2v) is 7.25. The largest absolute Gasteiger partial charge is 0.397 e. The van der Waals surface area contributed by atoms with Crippen molar-refractivity contribution in [1.82, 2.24) is 0 Å². The van der Waals surface area contributed by atoms with Crippen molar-refractivity contribution in [3.63, 3.8) is 0 Å². The molecular formula is C19H25Br2N3O. The van der Waals surface area contributed by atoms with Crippen molar-refractivity contribution in [3.05, 3.63) is 50.9 Å². The van der Waals surface area contributed by atoms with E-state index in [1.807, 2.05) is 37.3 Å². The Bertz CT molecular complexity index is 693. The van der Waals surface area contributed by atoms with E-state index in [9.17, 15) is 4.79 Å². The number of nitrogen functional groups attached to an aromatic ring is 1. The van der Waals surface area contributed by atoms with Gasteiger partial charge in [-0.25, -0.2) is 0 Å². The van der Waals surface area contributed by atoms with Crippen LogP contribution in [0.15, 0.2) is 45.3 Å². The first kappa shape index (κ1) is 21.5. The molecule has 0 unspecified atom stereocenters. The predicted octanol–water partition coefficient (Wildman–Crippen LogP) is 5.59. The summed E-state index contributed by atoms with van der Waals surface area (Å²) in [7, 11) is 0. The highest BCUT2D eigenvalue weighted by Gasteiger charge is 2.03. The molecule has 2 aromatic carbocycles. The number of carbonyl (C=O) groups is 1. The van der Waals surface area contributed by atoms with Gasteiger partial charge >= 0.3 is 0 Å². The summed E-state index contributed by atoms with van der Waals surface area (Å²) in [5.41, 5.74) is 9.60. The van der Waals surface area contributed by atoms with E-state index in [-0.39, 0.29) is 5.91 Å². The molecule has 0 fully saturated rings. The van der Waals surface area contributed by atoms with E-state index >= 15 is 0 Å². The molecule has 3 N–H and O–H groups in total. The standard InChI is InChI=1S/C12H18N2O.C7H7Br2N/c1-4-14(5-2)12-8-6-7-11(9-12)13-10(3)15;1-4-2-5(8)7(10)6(9)3-4/h6-9H,4-5H2,1-3H3,(H,13,15);2-3H,10H2,1H3. The monoisotopic (exact) mass is 469 g/mol. The molecular weight excluding hydrogens is 446 g/mol. The van der Waals surface area contributed by atoms with E-state index in [4.69, 9.17) is 5.73 Å². The van der Waals surface area contributed by atoms with Gasteiger partial charge in [0.05, 0.1) is 5.69 Å². The zero-order valence-electron chi connectivity index (χ0n) is 15.1. The summed E-state index contributed by atoms with van der Waals surface area (Å²) in [4.78, 5) is 13.2. The van der Waals surface area contributed by atoms with Crippen LogP contribution in [-0.2, 0) is 4.79 Å². The van der Waals surface area contributed by atoms with Gasteiger partial charge in [0.15, 0.2) is 0 Å². The number of amides is 1. The van der Waals surface area contributed by atoms with E-state index in [0.717, 1.165) is 39.1 Å². The Kier molecular flexibility index (Phi) is 9.00. The summed E-state index contributed by atoms with van der Waals surface area (Å²) in [6, 6.07) is 11.9. The minimum Gasteiger partial charge on any atom is -0.397 e. The number of rotatable bonds is 4. The second kappa shape index (κ2) is 10.5. The van der Waals surface area contributed by atoms with Crippen LogP contribution >= 0.6 is 31.9 Å². The fraction of sp³-hybridized carbons (Fsp3) is 0.316. The van der Waals surface area contributed by atoms with Gasteiger partial charge in [0, 0.05) is 40.3 Å². The van der Waals surface area contributed by atoms with Gasteiger partial charge in [0.25, 0.3) is 0 Å². The first-order chi connectivity index (χ1) is 11.8. The summed E-state index contributed by atoms with van der Waals surface area (Å²) in [6.45, 7) is 9.72. The Morgan fingerprint density at radius 3 is 2.16 bits per heavy atom. The molecule has 0 aliphatic heterocycles. The van der Waals surface area contributed by atoms with E-state index in [1.165, 1.54) is 12.5 Å². The number of nitrogens with one attached hydrogen (secondary N) is 1. The third kappa shape index (κ3) is 7.08. The molecule has 2 aromatic rings. The number of halogens is 2. The number of anilines is 3. The van der Waals surface area contributed by atoms with Crippen LogP contribution in [0.2, 0.25) is 0 Å². The number of hydrogen-bond acceptors (Lipinski definition) is 3. The first-order valence-electron chi connectivity index (χ1n) is 8.12. The zero-order chi connectivity index (χ0) is 19.0. The van der Waals surface area contributed by atoms with Crippen LogP contribution in [0.1, 0.15) is 26.3 Å². The van der Waals surface area contributed by atoms with Crippen LogP contribution in [-0.4, -0.2) is 19.0 Å². The van der Waals surface area contributed by atoms with Crippen LogP contribution in [0.4, 0.5) is 17.1 Å². The molecule has 0 atom stereocenters. The van der Waals surface area contributed by atoms with Crippen molar-refractivity contribution < 1.29 is 4.79 Å². The SMILES string of the molecule is CCN(CC)c1cccc(NC(C)=O)c1.Cc1cc(Br)c(N)c(Br)c1. The molecule has 6 heteroatoms. The molecule has 4 nitrogen and oxygen atoms in total. The van der Waals surface area contributed by atoms with Crippen molar-refractivity contribution in [2.24, 2.45) is 0 Å². The van der Waals surface area contributed by atoms with Gasteiger partial charge in [-0.05, 0) is 88.5 Å². The average Bonchev–Trinajstić information content (AvgIpc) is 2.54. The summed E-state index contributed by atoms with van der Waals surface area (Å²) in [5.74, 6) is -0.0355. The van der Waals surface area contributed by atoms with Gasteiger partial charge in [-0.1, -0.05) is 6.07 Å². The molecule has 136 valence electrons. The van der Waals surface area contributed by atoms with Crippen LogP contribution in [0, 0.1) is 6.92 Å². The Balaban J connectivity index is 0.000000271. The third-order valence-corrected chi connectivity index (χ3v) is 4.83. The number of benzene rings is 2. The van der Waals surface area contributed by atoms with E-state index < -0.39 is 0 Å². The maximum atomic E-state index is 10.9. The lowest BCUT2D eigenvalue weighted by atomic mass is 10.2. The minimum atomic E-state index is -0.0355. The molecule has 0 aliphatic rings. The maximum absolute atomic E-state index is 10.9. The van der Waals surface area contributed by atoms with Gasteiger partial charge in [-0.2, -0.15) is 0 Å². The van der Waals surface area contributed by atoms with Crippen LogP contribution in [0.25, 0.3) is 0 Å². The molecule has 0 heterocycles. The fourth-order valence-corrected chi connectivity index (χ4v) is 3.70. The predicted molar refractivity (Wildman–Crippen MR) is 115 cm³/mol. The maximum Gasteiger partial charge on any atom is 0.221 e. The fourth-order valence-electron chi connectivity index (χ4n) is 2.28. The summed E-state index contributed by atoms with van der Waals surface area (Å²) in [6.07, 6.45) is 0. The lowest BCUT2D eigenvalue weighted by molar-refractivity contribution is -0.114. The van der Waals surface area contributed by atoms with Crippen molar-refractivity contribution >= 4 is 54.8 Å². The number of carbonyl (C=O) groups excluding carboxylic acids is 1. The molecule has 1 amide bonds. The van der Waals surface area contributed by atoms with Crippen molar-refractivity contribution in [3.8, 4) is 0 Å². The number of nitrogens with zero attached hydrogens (tertiary/aromatic N) is 1. The molecule has 0 bridgehead atoms. The van der Waals surface area contributed by atoms with Crippen molar-refractivity contribution in [1.29, 1.82) is 0 Å². The van der Waals surface area contributed by atoms with Crippen LogP contribution < -0.4 is 16.0 Å². The molecule has 0 spiro atoms. The van der Waals surface area contributed by atoms with Crippen molar-refractivity contribution in [2.75, 3.05) is 29.0 Å². The molecule has 0 radical (unpaired) electrons. The van der Waals surface area contributed by atoms with Gasteiger partial charge in [-0.15, -0.1) is 0 Å². The second-order valence-electron chi connectivity index (χ2n) is 5.55. The molecule has 0 aromatic heterocycles. The van der Waals surface area contributed by atoms with Gasteiger partial charge in [-0.3, -0.25) is 4.79 Å². The van der Waals surface area contributed by atoms with E-state index in [1.54, 1.807) is 0 Å². The lowest BCUT2D eigenvalue weighted by Crippen LogP contribution is -2.21. The van der Waals surface area contributed by atoms with Gasteiger partial charge < -0.3 is 16.0 Å². The number of aryl methyl sites for hydroxylation is 1. The van der Waals surface area contributed by atoms with Crippen molar-refractivity contribution in [2.45, 2.75) is 27.7 Å². The number of hydrogen-bond donors (Lipinski definition) is 2. The molecule has 0 saturated carbocycles. The minimum absolute atomic E-state index is 0.0355. The van der Waals surface area contributed by atoms with Gasteiger partial charge in [0.2, 0.25) is 5.91 Å². The van der Waals surface area contributed by atoms with Crippen LogP contribution in [0.5, 0.6) is 0 Å². The first-order valence-corrected chi connectivity index (χ1v) is 9.70. The Morgan fingerprint density at radius 1 is 1.12 bits per heavy atom. The zero-order valence-corrected chi connectivity index (χ0v) is 18.2. The lowest BCUT2D eigenvalue weighted by Gasteiger charge is -2.21. The quantitative estimate of drug-likeness (QED) is 0.572. The molecule has 0 aliphatic carbocycles. The Hall–Kier alpha value is -1.53. The van der Waals surface area contributed by atoms with Crippen LogP contribution in [0.3, 0.4) is 0 Å². The number of nitrogens with two attached hydrogens (primary N) is 1. The van der Waals surface area contributed by atoms with E-state index in [0.29, 0.717) is 0 Å². The highest BCUT2D eigenvalue weighted by atomic mass is 79.9. The summed E-state index contributed by atoms with van der Waals surface area (Å²) < 4.78 is 1.89. The molecule has 25 heavy (non-hydrogen) atoms. The van der Waals surface area contributed by atoms with E-state index in [2.05, 4.69) is 62.0 Å². The Morgan fingerprint density at radius 2 is 1.68 bits per heavy atom. The summed E-state index contributed by atoms with van der Waals surface area (Å²) >= 11 is 6.68. The average molecular weight is 471 g/mol. The highest BCUT2D eigenvalue weighted by molar-refractivity contribution is 9.11. The highest BCUT2D eigenvalue weighted by Crippen LogP contribution is 2.28. The topological polar surface area (TPSA) is 58.4 Å².